The Morgan fingerprint density at radius 2 is 1.71 bits per heavy atom. The smallest absolute Gasteiger partial charge is 0.279 e. The number of thiazole rings is 1. The first kappa shape index (κ1) is 21.1. The third-order valence-corrected chi connectivity index (χ3v) is 6.63. The van der Waals surface area contributed by atoms with Crippen molar-refractivity contribution in [1.82, 2.24) is 4.57 Å². The zero-order valence-corrected chi connectivity index (χ0v) is 19.0. The molecule has 0 unspecified atom stereocenters. The molecule has 31 heavy (non-hydrogen) atoms. The fourth-order valence-electron chi connectivity index (χ4n) is 3.29. The molecule has 0 aliphatic heterocycles. The van der Waals surface area contributed by atoms with Crippen molar-refractivity contribution in [2.24, 2.45) is 12.0 Å². The van der Waals surface area contributed by atoms with Crippen LogP contribution < -0.4 is 9.54 Å². The number of aromatic nitrogens is 1. The first-order valence-corrected chi connectivity index (χ1v) is 10.9. The lowest BCUT2D eigenvalue weighted by Gasteiger charge is -2.08. The molecule has 4 aromatic rings. The van der Waals surface area contributed by atoms with Crippen molar-refractivity contribution < 1.29 is 9.53 Å². The average molecular weight is 449 g/mol. The number of halogens is 1. The lowest BCUT2D eigenvalue weighted by Crippen LogP contribution is -2.14. The van der Waals surface area contributed by atoms with Crippen LogP contribution in [0.2, 0.25) is 5.02 Å². The van der Waals surface area contributed by atoms with E-state index in [2.05, 4.69) is 17.1 Å². The number of hydrogen-bond donors (Lipinski definition) is 0. The minimum absolute atomic E-state index is 0.320. The van der Waals surface area contributed by atoms with Crippen molar-refractivity contribution in [2.45, 2.75) is 6.92 Å². The third-order valence-electron chi connectivity index (χ3n) is 5.05. The van der Waals surface area contributed by atoms with Crippen molar-refractivity contribution >= 4 is 28.8 Å². The van der Waals surface area contributed by atoms with Gasteiger partial charge in [0.25, 0.3) is 5.91 Å². The van der Waals surface area contributed by atoms with Gasteiger partial charge in [-0.15, -0.1) is 0 Å². The Bertz CT molecular complexity index is 1310. The van der Waals surface area contributed by atoms with Crippen molar-refractivity contribution in [3.63, 3.8) is 0 Å². The summed E-state index contributed by atoms with van der Waals surface area (Å²) in [7, 11) is 3.58. The molecule has 3 aromatic carbocycles. The van der Waals surface area contributed by atoms with E-state index in [9.17, 15) is 4.79 Å². The van der Waals surface area contributed by atoms with Gasteiger partial charge in [0.2, 0.25) is 0 Å². The van der Waals surface area contributed by atoms with Gasteiger partial charge in [-0.05, 0) is 60.0 Å². The Labute approximate surface area is 190 Å². The second kappa shape index (κ2) is 8.92. The van der Waals surface area contributed by atoms with Gasteiger partial charge < -0.3 is 9.30 Å². The average Bonchev–Trinajstić information content (AvgIpc) is 3.12. The summed E-state index contributed by atoms with van der Waals surface area (Å²) >= 11 is 7.69. The van der Waals surface area contributed by atoms with Gasteiger partial charge in [0.15, 0.2) is 4.80 Å². The molecule has 1 aromatic heterocycles. The number of hydrogen-bond acceptors (Lipinski definition) is 3. The topological polar surface area (TPSA) is 43.6 Å². The van der Waals surface area contributed by atoms with Crippen LogP contribution in [-0.4, -0.2) is 17.6 Å². The summed E-state index contributed by atoms with van der Waals surface area (Å²) in [6.07, 6.45) is 0. The van der Waals surface area contributed by atoms with Gasteiger partial charge in [0.05, 0.1) is 17.7 Å². The van der Waals surface area contributed by atoms with Crippen molar-refractivity contribution in [3.8, 4) is 27.4 Å². The summed E-state index contributed by atoms with van der Waals surface area (Å²) in [4.78, 5) is 18.9. The lowest BCUT2D eigenvalue weighted by molar-refractivity contribution is 0.0998. The Kier molecular flexibility index (Phi) is 6.07. The maximum Gasteiger partial charge on any atom is 0.279 e. The molecular weight excluding hydrogens is 428 g/mol. The summed E-state index contributed by atoms with van der Waals surface area (Å²) in [5.74, 6) is 0.471. The highest BCUT2D eigenvalue weighted by Gasteiger charge is 2.16. The van der Waals surface area contributed by atoms with E-state index in [1.54, 1.807) is 19.2 Å². The number of methoxy groups -OCH3 is 1. The summed E-state index contributed by atoms with van der Waals surface area (Å²) in [5.41, 5.74) is 4.48. The molecule has 6 heteroatoms. The van der Waals surface area contributed by atoms with E-state index < -0.39 is 0 Å². The molecule has 0 bridgehead atoms. The van der Waals surface area contributed by atoms with Gasteiger partial charge in [-0.1, -0.05) is 59.3 Å². The maximum absolute atomic E-state index is 12.9. The number of amides is 1. The van der Waals surface area contributed by atoms with Gasteiger partial charge in [-0.25, -0.2) is 0 Å². The fourth-order valence-corrected chi connectivity index (χ4v) is 4.62. The second-order valence-electron chi connectivity index (χ2n) is 7.10. The van der Waals surface area contributed by atoms with Crippen LogP contribution in [-0.2, 0) is 7.05 Å². The molecule has 0 fully saturated rings. The fraction of sp³-hybridized carbons (Fsp3) is 0.120. The van der Waals surface area contributed by atoms with Crippen LogP contribution in [0.3, 0.4) is 0 Å². The third kappa shape index (κ3) is 4.33. The normalized spacial score (nSPS) is 11.5. The van der Waals surface area contributed by atoms with Gasteiger partial charge >= 0.3 is 0 Å². The Morgan fingerprint density at radius 3 is 2.35 bits per heavy atom. The maximum atomic E-state index is 12.9. The van der Waals surface area contributed by atoms with E-state index in [0.717, 1.165) is 33.0 Å². The summed E-state index contributed by atoms with van der Waals surface area (Å²) < 4.78 is 7.26. The van der Waals surface area contributed by atoms with Crippen LogP contribution in [0.1, 0.15) is 15.9 Å². The van der Waals surface area contributed by atoms with Crippen LogP contribution in [0.15, 0.2) is 77.8 Å². The van der Waals surface area contributed by atoms with Gasteiger partial charge in [0, 0.05) is 17.6 Å². The second-order valence-corrected chi connectivity index (χ2v) is 8.48. The first-order chi connectivity index (χ1) is 15.0. The van der Waals surface area contributed by atoms with E-state index >= 15 is 0 Å². The SMILES string of the molecule is COc1ccc(-c2c(-c3ccccc3)sc(=NC(=O)c3ccc(C)c(Cl)c3)n2C)cc1. The number of carbonyl (C=O) groups excluding carboxylic acids is 1. The van der Waals surface area contributed by atoms with Crippen LogP contribution in [0.5, 0.6) is 5.75 Å². The number of ether oxygens (including phenoxy) is 1. The van der Waals surface area contributed by atoms with Crippen molar-refractivity contribution in [1.29, 1.82) is 0 Å². The molecule has 0 aliphatic carbocycles. The molecule has 0 saturated heterocycles. The number of benzene rings is 3. The molecular formula is C25H21ClN2O2S. The molecule has 0 spiro atoms. The van der Waals surface area contributed by atoms with Gasteiger partial charge in [0.1, 0.15) is 5.75 Å². The van der Waals surface area contributed by atoms with E-state index in [4.69, 9.17) is 16.3 Å². The highest BCUT2D eigenvalue weighted by molar-refractivity contribution is 7.13. The highest BCUT2D eigenvalue weighted by atomic mass is 35.5. The van der Waals surface area contributed by atoms with E-state index in [0.29, 0.717) is 15.4 Å². The zero-order valence-electron chi connectivity index (χ0n) is 17.4. The molecule has 4 rings (SSSR count). The Balaban J connectivity index is 1.87. The zero-order chi connectivity index (χ0) is 22.0. The molecule has 1 amide bonds. The minimum Gasteiger partial charge on any atom is -0.497 e. The standard InChI is InChI=1S/C25H21ClN2O2S/c1-16-9-10-19(15-21(16)26)24(29)27-25-28(2)22(17-11-13-20(30-3)14-12-17)23(31-25)18-7-5-4-6-8-18/h4-15H,1-3H3. The van der Waals surface area contributed by atoms with E-state index in [-0.39, 0.29) is 5.91 Å². The first-order valence-electron chi connectivity index (χ1n) is 9.73. The van der Waals surface area contributed by atoms with Crippen molar-refractivity contribution in [3.05, 3.63) is 93.7 Å². The minimum atomic E-state index is -0.320. The number of rotatable bonds is 4. The molecule has 0 atom stereocenters. The van der Waals surface area contributed by atoms with E-state index in [1.165, 1.54) is 11.3 Å². The van der Waals surface area contributed by atoms with Gasteiger partial charge in [-0.3, -0.25) is 4.79 Å². The summed E-state index contributed by atoms with van der Waals surface area (Å²) in [5, 5.41) is 0.556. The summed E-state index contributed by atoms with van der Waals surface area (Å²) in [6, 6.07) is 23.2. The van der Waals surface area contributed by atoms with Crippen LogP contribution >= 0.6 is 22.9 Å². The molecule has 4 nitrogen and oxygen atoms in total. The van der Waals surface area contributed by atoms with Gasteiger partial charge in [-0.2, -0.15) is 4.99 Å². The lowest BCUT2D eigenvalue weighted by atomic mass is 10.1. The quantitative estimate of drug-likeness (QED) is 0.376. The number of nitrogens with zero attached hydrogens (tertiary/aromatic N) is 2. The van der Waals surface area contributed by atoms with Crippen LogP contribution in [0, 0.1) is 6.92 Å². The summed E-state index contributed by atoms with van der Waals surface area (Å²) in [6.45, 7) is 1.90. The van der Waals surface area contributed by atoms with E-state index in [1.807, 2.05) is 67.1 Å². The van der Waals surface area contributed by atoms with Crippen molar-refractivity contribution in [2.75, 3.05) is 7.11 Å². The predicted octanol–water partition coefficient (Wildman–Crippen LogP) is 6.13. The Morgan fingerprint density at radius 1 is 1.00 bits per heavy atom. The van der Waals surface area contributed by atoms with Crippen LogP contribution in [0.25, 0.3) is 21.7 Å². The molecule has 0 saturated carbocycles. The molecule has 156 valence electrons. The number of aryl methyl sites for hydroxylation is 1. The molecule has 0 radical (unpaired) electrons. The highest BCUT2D eigenvalue weighted by Crippen LogP contribution is 2.35. The molecule has 1 heterocycles. The molecule has 0 N–H and O–H groups in total. The largest absolute Gasteiger partial charge is 0.497 e. The predicted molar refractivity (Wildman–Crippen MR) is 127 cm³/mol. The monoisotopic (exact) mass is 448 g/mol. The molecule has 0 aliphatic rings. The number of carbonyl (C=O) groups is 1. The van der Waals surface area contributed by atoms with Crippen LogP contribution in [0.4, 0.5) is 0 Å². The Hall–Kier alpha value is -3.15.